The number of nitrogens with zero attached hydrogens (tertiary/aromatic N) is 1. The van der Waals surface area contributed by atoms with Crippen molar-refractivity contribution >= 4 is 34.6 Å². The summed E-state index contributed by atoms with van der Waals surface area (Å²) in [6.07, 6.45) is 2.33. The number of anilines is 1. The fourth-order valence-electron chi connectivity index (χ4n) is 2.62. The predicted octanol–water partition coefficient (Wildman–Crippen LogP) is 4.79. The van der Waals surface area contributed by atoms with Crippen LogP contribution < -0.4 is 19.7 Å². The Kier molecular flexibility index (Phi) is 6.22. The van der Waals surface area contributed by atoms with Gasteiger partial charge in [-0.2, -0.15) is 0 Å². The Labute approximate surface area is 165 Å². The molecule has 0 radical (unpaired) electrons. The molecule has 0 amide bonds. The number of ether oxygens (including phenoxy) is 2. The summed E-state index contributed by atoms with van der Waals surface area (Å²) in [5.74, 6) is 1.52. The summed E-state index contributed by atoms with van der Waals surface area (Å²) in [4.78, 5) is 2.06. The highest BCUT2D eigenvalue weighted by molar-refractivity contribution is 7.80. The van der Waals surface area contributed by atoms with Gasteiger partial charge in [-0.15, -0.1) is 0 Å². The maximum absolute atomic E-state index is 6.32. The molecule has 2 aromatic carbocycles. The summed E-state index contributed by atoms with van der Waals surface area (Å²) in [7, 11) is 1.61. The van der Waals surface area contributed by atoms with Gasteiger partial charge in [-0.1, -0.05) is 23.7 Å². The lowest BCUT2D eigenvalue weighted by atomic mass is 10.2. The molecule has 0 atom stereocenters. The van der Waals surface area contributed by atoms with Gasteiger partial charge in [-0.25, -0.2) is 0 Å². The van der Waals surface area contributed by atoms with Gasteiger partial charge in [0.25, 0.3) is 0 Å². The van der Waals surface area contributed by atoms with Crippen molar-refractivity contribution in [3.8, 4) is 11.5 Å². The van der Waals surface area contributed by atoms with Crippen LogP contribution in [0.3, 0.4) is 0 Å². The van der Waals surface area contributed by atoms with Gasteiger partial charge < -0.3 is 19.7 Å². The number of hydrogen-bond donors (Lipinski definition) is 1. The first-order chi connectivity index (χ1) is 12.6. The zero-order chi connectivity index (χ0) is 18.5. The molecule has 1 N–H and O–H groups in total. The molecule has 0 saturated heterocycles. The number of halogens is 1. The molecule has 0 unspecified atom stereocenters. The van der Waals surface area contributed by atoms with E-state index in [9.17, 15) is 0 Å². The fourth-order valence-corrected chi connectivity index (χ4v) is 3.21. The quantitative estimate of drug-likeness (QED) is 0.687. The van der Waals surface area contributed by atoms with Crippen LogP contribution in [0.15, 0.2) is 42.5 Å². The second-order valence-electron chi connectivity index (χ2n) is 6.21. The first kappa shape index (κ1) is 18.8. The second-order valence-corrected chi connectivity index (χ2v) is 7.00. The molecule has 0 spiro atoms. The van der Waals surface area contributed by atoms with Crippen LogP contribution in [0.4, 0.5) is 5.69 Å². The third kappa shape index (κ3) is 4.80. The van der Waals surface area contributed by atoms with Crippen LogP contribution in [-0.4, -0.2) is 24.9 Å². The van der Waals surface area contributed by atoms with Crippen LogP contribution in [0, 0.1) is 0 Å². The summed E-state index contributed by atoms with van der Waals surface area (Å²) in [5.41, 5.74) is 2.07. The standard InChI is InChI=1S/C20H23ClN2O2S/c1-3-25-17-9-4-14(5-10-17)13-23(20(26)22-15-6-7-15)16-8-11-19(24-2)18(21)12-16/h4-5,8-12,15H,3,6-7,13H2,1-2H3,(H,22,26). The second kappa shape index (κ2) is 8.60. The minimum absolute atomic E-state index is 0.485. The molecule has 0 heterocycles. The van der Waals surface area contributed by atoms with E-state index in [1.165, 1.54) is 12.8 Å². The smallest absolute Gasteiger partial charge is 0.173 e. The topological polar surface area (TPSA) is 33.7 Å². The molecule has 1 saturated carbocycles. The van der Waals surface area contributed by atoms with E-state index in [0.717, 1.165) is 17.0 Å². The average molecular weight is 391 g/mol. The summed E-state index contributed by atoms with van der Waals surface area (Å²) >= 11 is 12.0. The highest BCUT2D eigenvalue weighted by Crippen LogP contribution is 2.30. The first-order valence-corrected chi connectivity index (χ1v) is 9.52. The Morgan fingerprint density at radius 3 is 2.54 bits per heavy atom. The monoisotopic (exact) mass is 390 g/mol. The molecule has 1 fully saturated rings. The first-order valence-electron chi connectivity index (χ1n) is 8.74. The summed E-state index contributed by atoms with van der Waals surface area (Å²) in [5, 5.41) is 4.69. The predicted molar refractivity (Wildman–Crippen MR) is 111 cm³/mol. The van der Waals surface area contributed by atoms with E-state index in [1.807, 2.05) is 37.3 Å². The van der Waals surface area contributed by atoms with Crippen molar-refractivity contribution < 1.29 is 9.47 Å². The van der Waals surface area contributed by atoms with Crippen molar-refractivity contribution in [1.29, 1.82) is 0 Å². The molecule has 1 aliphatic rings. The van der Waals surface area contributed by atoms with Crippen molar-refractivity contribution in [2.24, 2.45) is 0 Å². The van der Waals surface area contributed by atoms with E-state index in [4.69, 9.17) is 33.3 Å². The summed E-state index contributed by atoms with van der Waals surface area (Å²) in [6.45, 7) is 3.28. The normalized spacial score (nSPS) is 13.2. The van der Waals surface area contributed by atoms with Crippen LogP contribution in [-0.2, 0) is 6.54 Å². The number of nitrogens with one attached hydrogen (secondary N) is 1. The van der Waals surface area contributed by atoms with Gasteiger partial charge in [0.05, 0.1) is 25.3 Å². The summed E-state index contributed by atoms with van der Waals surface area (Å²) in [6, 6.07) is 14.3. The van der Waals surface area contributed by atoms with Gasteiger partial charge in [0.15, 0.2) is 5.11 Å². The van der Waals surface area contributed by atoms with E-state index in [2.05, 4.69) is 22.3 Å². The Morgan fingerprint density at radius 1 is 1.23 bits per heavy atom. The SMILES string of the molecule is CCOc1ccc(CN(C(=S)NC2CC2)c2ccc(OC)c(Cl)c2)cc1. The van der Waals surface area contributed by atoms with E-state index in [-0.39, 0.29) is 0 Å². The van der Waals surface area contributed by atoms with E-state index >= 15 is 0 Å². The minimum Gasteiger partial charge on any atom is -0.495 e. The molecule has 1 aliphatic carbocycles. The van der Waals surface area contributed by atoms with E-state index in [1.54, 1.807) is 7.11 Å². The zero-order valence-electron chi connectivity index (χ0n) is 15.0. The Morgan fingerprint density at radius 2 is 1.96 bits per heavy atom. The Bertz CT molecular complexity index is 763. The summed E-state index contributed by atoms with van der Waals surface area (Å²) < 4.78 is 10.8. The molecule has 2 aromatic rings. The lowest BCUT2D eigenvalue weighted by Gasteiger charge is -2.27. The van der Waals surface area contributed by atoms with Crippen LogP contribution >= 0.6 is 23.8 Å². The van der Waals surface area contributed by atoms with Gasteiger partial charge in [0.1, 0.15) is 11.5 Å². The van der Waals surface area contributed by atoms with Crippen LogP contribution in [0.2, 0.25) is 5.02 Å². The highest BCUT2D eigenvalue weighted by atomic mass is 35.5. The average Bonchev–Trinajstić information content (AvgIpc) is 3.45. The van der Waals surface area contributed by atoms with Crippen molar-refractivity contribution in [1.82, 2.24) is 5.32 Å². The third-order valence-corrected chi connectivity index (χ3v) is 4.81. The highest BCUT2D eigenvalue weighted by Gasteiger charge is 2.25. The fraction of sp³-hybridized carbons (Fsp3) is 0.350. The molecule has 0 bridgehead atoms. The molecular weight excluding hydrogens is 368 g/mol. The van der Waals surface area contributed by atoms with Gasteiger partial charge in [0, 0.05) is 11.7 Å². The largest absolute Gasteiger partial charge is 0.495 e. The Balaban J connectivity index is 1.82. The van der Waals surface area contributed by atoms with Crippen LogP contribution in [0.1, 0.15) is 25.3 Å². The van der Waals surface area contributed by atoms with Crippen molar-refractivity contribution in [2.75, 3.05) is 18.6 Å². The van der Waals surface area contributed by atoms with Crippen LogP contribution in [0.25, 0.3) is 0 Å². The number of methoxy groups -OCH3 is 1. The number of rotatable bonds is 7. The minimum atomic E-state index is 0.485. The lowest BCUT2D eigenvalue weighted by Crippen LogP contribution is -2.40. The molecule has 26 heavy (non-hydrogen) atoms. The molecule has 6 heteroatoms. The van der Waals surface area contributed by atoms with Gasteiger partial charge in [-0.05, 0) is 67.9 Å². The van der Waals surface area contributed by atoms with E-state index in [0.29, 0.717) is 35.1 Å². The van der Waals surface area contributed by atoms with Gasteiger partial charge in [0.2, 0.25) is 0 Å². The van der Waals surface area contributed by atoms with Crippen molar-refractivity contribution in [3.63, 3.8) is 0 Å². The van der Waals surface area contributed by atoms with Gasteiger partial charge >= 0.3 is 0 Å². The molecule has 4 nitrogen and oxygen atoms in total. The van der Waals surface area contributed by atoms with Gasteiger partial charge in [-0.3, -0.25) is 0 Å². The number of benzene rings is 2. The molecule has 0 aromatic heterocycles. The number of thiocarbonyl (C=S) groups is 1. The Hall–Kier alpha value is -1.98. The molecule has 3 rings (SSSR count). The third-order valence-electron chi connectivity index (χ3n) is 4.17. The lowest BCUT2D eigenvalue weighted by molar-refractivity contribution is 0.340. The maximum Gasteiger partial charge on any atom is 0.173 e. The molecule has 138 valence electrons. The van der Waals surface area contributed by atoms with Crippen LogP contribution in [0.5, 0.6) is 11.5 Å². The van der Waals surface area contributed by atoms with E-state index < -0.39 is 0 Å². The zero-order valence-corrected chi connectivity index (χ0v) is 16.6. The maximum atomic E-state index is 6.32. The number of hydrogen-bond acceptors (Lipinski definition) is 3. The van der Waals surface area contributed by atoms with Crippen molar-refractivity contribution in [3.05, 3.63) is 53.1 Å². The molecule has 0 aliphatic heterocycles. The molecular formula is C20H23ClN2O2S. The van der Waals surface area contributed by atoms with Crippen molar-refractivity contribution in [2.45, 2.75) is 32.4 Å².